The first kappa shape index (κ1) is 14.3. The summed E-state index contributed by atoms with van der Waals surface area (Å²) in [4.78, 5) is 14.0. The van der Waals surface area contributed by atoms with Crippen molar-refractivity contribution in [1.82, 2.24) is 9.22 Å². The number of benzene rings is 1. The van der Waals surface area contributed by atoms with Crippen molar-refractivity contribution in [3.05, 3.63) is 30.3 Å². The van der Waals surface area contributed by atoms with Crippen LogP contribution in [0.15, 0.2) is 40.3 Å². The van der Waals surface area contributed by atoms with E-state index in [-0.39, 0.29) is 17.9 Å². The van der Waals surface area contributed by atoms with Crippen LogP contribution in [-0.4, -0.2) is 37.3 Å². The molecule has 106 valence electrons. The Hall–Kier alpha value is -2.09. The van der Waals surface area contributed by atoms with Gasteiger partial charge in [-0.3, -0.25) is 0 Å². The average Bonchev–Trinajstić information content (AvgIpc) is 2.85. The molecule has 1 aliphatic rings. The van der Waals surface area contributed by atoms with Gasteiger partial charge in [0.05, 0.1) is 16.9 Å². The Morgan fingerprint density at radius 2 is 2.05 bits per heavy atom. The fraction of sp³-hybridized carbons (Fsp3) is 0.364. The van der Waals surface area contributed by atoms with Gasteiger partial charge in [0.2, 0.25) is 14.9 Å². The minimum Gasteiger partial charge on any atom is -0.548 e. The van der Waals surface area contributed by atoms with E-state index in [9.17, 15) is 18.3 Å². The third-order valence-corrected chi connectivity index (χ3v) is 4.97. The number of nitrogens with zero attached hydrogens (tertiary/aromatic N) is 3. The fourth-order valence-corrected chi connectivity index (χ4v) is 3.80. The van der Waals surface area contributed by atoms with Gasteiger partial charge < -0.3 is 9.90 Å². The quantitative estimate of drug-likeness (QED) is 0.571. The number of rotatable bonds is 4. The van der Waals surface area contributed by atoms with Crippen LogP contribution in [0.2, 0.25) is 0 Å². The van der Waals surface area contributed by atoms with Gasteiger partial charge in [-0.05, 0) is 12.1 Å². The van der Waals surface area contributed by atoms with Gasteiger partial charge in [-0.25, -0.2) is 8.42 Å². The van der Waals surface area contributed by atoms with Crippen molar-refractivity contribution in [3.8, 4) is 0 Å². The van der Waals surface area contributed by atoms with Crippen LogP contribution < -0.4 is 10.0 Å². The summed E-state index contributed by atoms with van der Waals surface area (Å²) in [6.07, 6.45) is -0.0449. The largest absolute Gasteiger partial charge is 0.548 e. The molecule has 0 aromatic heterocycles. The summed E-state index contributed by atoms with van der Waals surface area (Å²) >= 11 is 0. The summed E-state index contributed by atoms with van der Waals surface area (Å²) in [5, 5.41) is 14.6. The Labute approximate surface area is 115 Å². The first-order valence-corrected chi connectivity index (χ1v) is 7.25. The zero-order valence-corrected chi connectivity index (χ0v) is 11.2. The normalized spacial score (nSPS) is 23.2. The predicted octanol–water partition coefficient (Wildman–Crippen LogP) is -0.882. The van der Waals surface area contributed by atoms with Crippen LogP contribution in [0.3, 0.4) is 0 Å². The fourth-order valence-electron chi connectivity index (χ4n) is 2.16. The highest BCUT2D eigenvalue weighted by molar-refractivity contribution is 7.89. The smallest absolute Gasteiger partial charge is 0.243 e. The SMILES string of the molecule is N=[N+]=N[C@@H]1C[C@@H](C(=O)[O-])N(S(=O)(=O)c2ccccc2)C1. The molecule has 1 N–H and O–H groups in total. The number of carboxylic acid groups (broad SMARTS) is 1. The van der Waals surface area contributed by atoms with Gasteiger partial charge >= 0.3 is 0 Å². The standard InChI is InChI=1S/C11H12N4O4S/c12-14-13-8-6-10(11(16)17)15(7-8)20(18,19)9-4-2-1-3-5-9/h1-5,8,10,12H,6-7H2/t8-,10+/m1/s1. The lowest BCUT2D eigenvalue weighted by Crippen LogP contribution is -2.46. The predicted molar refractivity (Wildman–Crippen MR) is 64.8 cm³/mol. The monoisotopic (exact) mass is 296 g/mol. The molecule has 0 bridgehead atoms. The molecule has 2 atom stereocenters. The highest BCUT2D eigenvalue weighted by Gasteiger charge is 2.42. The Morgan fingerprint density at radius 3 is 2.60 bits per heavy atom. The van der Waals surface area contributed by atoms with Crippen molar-refractivity contribution in [2.45, 2.75) is 23.4 Å². The molecule has 0 amide bonds. The van der Waals surface area contributed by atoms with Gasteiger partial charge in [0, 0.05) is 13.0 Å². The molecule has 1 fully saturated rings. The van der Waals surface area contributed by atoms with Crippen molar-refractivity contribution in [3.63, 3.8) is 0 Å². The number of carbonyl (C=O) groups is 1. The maximum absolute atomic E-state index is 12.4. The molecule has 1 heterocycles. The van der Waals surface area contributed by atoms with Crippen LogP contribution in [0.1, 0.15) is 6.42 Å². The zero-order valence-electron chi connectivity index (χ0n) is 10.3. The molecule has 1 aliphatic heterocycles. The van der Waals surface area contributed by atoms with Crippen molar-refractivity contribution in [2.75, 3.05) is 6.54 Å². The summed E-state index contributed by atoms with van der Waals surface area (Å²) < 4.78 is 25.7. The molecule has 1 aromatic rings. The van der Waals surface area contributed by atoms with Gasteiger partial charge in [0.25, 0.3) is 0 Å². The van der Waals surface area contributed by atoms with Crippen molar-refractivity contribution >= 4 is 16.0 Å². The maximum Gasteiger partial charge on any atom is 0.243 e. The lowest BCUT2D eigenvalue weighted by atomic mass is 10.2. The summed E-state index contributed by atoms with van der Waals surface area (Å²) in [6, 6.07) is 5.61. The minimum atomic E-state index is -3.93. The number of hydrogen-bond donors (Lipinski definition) is 1. The van der Waals surface area contributed by atoms with Crippen molar-refractivity contribution in [1.29, 1.82) is 5.53 Å². The summed E-state index contributed by atoms with van der Waals surface area (Å²) in [5.74, 6) is -1.48. The topological polar surface area (TPSA) is 128 Å². The number of carboxylic acids is 1. The number of aliphatic carboxylic acids is 1. The third kappa shape index (κ3) is 2.60. The minimum absolute atomic E-state index is 0.00899. The molecule has 0 spiro atoms. The molecule has 8 nitrogen and oxygen atoms in total. The second-order valence-electron chi connectivity index (χ2n) is 4.33. The Balaban J connectivity index is 2.39. The number of nitrogens with one attached hydrogen (secondary N) is 1. The number of carbonyl (C=O) groups excluding carboxylic acids is 1. The van der Waals surface area contributed by atoms with E-state index in [4.69, 9.17) is 5.53 Å². The Morgan fingerprint density at radius 1 is 1.40 bits per heavy atom. The average molecular weight is 296 g/mol. The molecule has 0 saturated carbocycles. The Kier molecular flexibility index (Phi) is 3.93. The molecule has 1 saturated heterocycles. The van der Waals surface area contributed by atoms with Crippen LogP contribution in [0.25, 0.3) is 0 Å². The summed E-state index contributed by atoms with van der Waals surface area (Å²) in [6.45, 7) is -0.127. The number of sulfonamides is 1. The van der Waals surface area contributed by atoms with E-state index in [1.54, 1.807) is 18.2 Å². The van der Waals surface area contributed by atoms with Gasteiger partial charge in [-0.15, -0.1) is 0 Å². The first-order valence-electron chi connectivity index (χ1n) is 5.81. The molecule has 20 heavy (non-hydrogen) atoms. The van der Waals surface area contributed by atoms with Crippen molar-refractivity contribution < 1.29 is 18.3 Å². The second kappa shape index (κ2) is 5.49. The molecular weight excluding hydrogens is 284 g/mol. The summed E-state index contributed by atoms with van der Waals surface area (Å²) in [7, 11) is -3.93. The van der Waals surface area contributed by atoms with E-state index >= 15 is 0 Å². The highest BCUT2D eigenvalue weighted by Crippen LogP contribution is 2.27. The lowest BCUT2D eigenvalue weighted by molar-refractivity contribution is -0.309. The zero-order chi connectivity index (χ0) is 14.8. The van der Waals surface area contributed by atoms with Gasteiger partial charge in [0.1, 0.15) is 16.7 Å². The highest BCUT2D eigenvalue weighted by atomic mass is 32.2. The van der Waals surface area contributed by atoms with Gasteiger partial charge in [-0.1, -0.05) is 18.2 Å². The second-order valence-corrected chi connectivity index (χ2v) is 6.22. The maximum atomic E-state index is 12.4. The van der Waals surface area contributed by atoms with E-state index in [0.717, 1.165) is 4.31 Å². The molecule has 2 rings (SSSR count). The van der Waals surface area contributed by atoms with Crippen LogP contribution in [-0.2, 0) is 14.8 Å². The van der Waals surface area contributed by atoms with E-state index in [0.29, 0.717) is 0 Å². The van der Waals surface area contributed by atoms with Gasteiger partial charge in [0.15, 0.2) is 0 Å². The molecule has 9 heteroatoms. The van der Waals surface area contributed by atoms with E-state index in [1.165, 1.54) is 12.1 Å². The molecule has 1 aromatic carbocycles. The van der Waals surface area contributed by atoms with Crippen LogP contribution in [0, 0.1) is 5.53 Å². The third-order valence-electron chi connectivity index (χ3n) is 3.08. The van der Waals surface area contributed by atoms with E-state index < -0.39 is 28.1 Å². The first-order chi connectivity index (χ1) is 9.46. The molecule has 0 aliphatic carbocycles. The van der Waals surface area contributed by atoms with Gasteiger partial charge in [-0.2, -0.15) is 4.31 Å². The Bertz CT molecular complexity index is 654. The molecule has 0 unspecified atom stereocenters. The molecule has 0 radical (unpaired) electrons. The van der Waals surface area contributed by atoms with Crippen molar-refractivity contribution in [2.24, 2.45) is 5.11 Å². The number of hydrogen-bond acceptors (Lipinski definition) is 6. The summed E-state index contributed by atoms with van der Waals surface area (Å²) in [5.41, 5.74) is 6.65. The molecular formula is C11H12N4O4S. The van der Waals surface area contributed by atoms with Crippen LogP contribution in [0.5, 0.6) is 0 Å². The van der Waals surface area contributed by atoms with E-state index in [2.05, 4.69) is 10.0 Å². The van der Waals surface area contributed by atoms with Crippen LogP contribution in [0.4, 0.5) is 0 Å². The lowest BCUT2D eigenvalue weighted by Gasteiger charge is -2.24. The van der Waals surface area contributed by atoms with Crippen LogP contribution >= 0.6 is 0 Å². The van der Waals surface area contributed by atoms with E-state index in [1.807, 2.05) is 0 Å².